The molecule has 74 valence electrons. The molecule has 2 aromatic rings. The van der Waals surface area contributed by atoms with Crippen LogP contribution in [0.5, 0.6) is 0 Å². The lowest BCUT2D eigenvalue weighted by molar-refractivity contribution is 1.40. The zero-order chi connectivity index (χ0) is 11.4. The molecule has 2 aromatic carbocycles. The summed E-state index contributed by atoms with van der Waals surface area (Å²) in [5.74, 6) is 0. The van der Waals surface area contributed by atoms with Gasteiger partial charge in [-0.05, 0) is 24.1 Å². The Labute approximate surface area is 91.5 Å². The first-order chi connectivity index (χ1) is 7.77. The van der Waals surface area contributed by atoms with Crippen molar-refractivity contribution in [3.8, 4) is 0 Å². The molecular formula is C14H13N. The van der Waals surface area contributed by atoms with Gasteiger partial charge in [0.1, 0.15) is 0 Å². The number of para-hydroxylation sites is 1. The smallest absolute Gasteiger partial charge is 0.0847 e. The molecule has 0 aromatic heterocycles. The van der Waals surface area contributed by atoms with Crippen LogP contribution in [0.1, 0.15) is 12.5 Å². The molecule has 0 amide bonds. The van der Waals surface area contributed by atoms with E-state index in [2.05, 4.69) is 4.99 Å². The Morgan fingerprint density at radius 2 is 1.67 bits per heavy atom. The van der Waals surface area contributed by atoms with Crippen LogP contribution in [0, 0.1) is 6.92 Å². The number of aryl methyl sites for hydroxylation is 1. The molecule has 0 atom stereocenters. The van der Waals surface area contributed by atoms with E-state index in [9.17, 15) is 0 Å². The normalized spacial score (nSPS) is 12.3. The van der Waals surface area contributed by atoms with E-state index in [4.69, 9.17) is 1.37 Å². The topological polar surface area (TPSA) is 12.4 Å². The molecule has 0 fully saturated rings. The standard InChI is InChI=1S/C14H13N/c1-12-7-5-6-10-14(12)15-11-13-8-3-2-4-9-13/h2-11H,1H3/i11D. The van der Waals surface area contributed by atoms with Crippen molar-refractivity contribution in [1.29, 1.82) is 0 Å². The fourth-order valence-electron chi connectivity index (χ4n) is 1.33. The molecule has 0 aliphatic rings. The van der Waals surface area contributed by atoms with E-state index in [0.717, 1.165) is 16.8 Å². The number of hydrogen-bond acceptors (Lipinski definition) is 1. The van der Waals surface area contributed by atoms with Crippen molar-refractivity contribution in [2.24, 2.45) is 4.99 Å². The summed E-state index contributed by atoms with van der Waals surface area (Å²) < 4.78 is 7.90. The van der Waals surface area contributed by atoms with Crippen LogP contribution in [0.25, 0.3) is 0 Å². The van der Waals surface area contributed by atoms with Crippen molar-refractivity contribution in [3.63, 3.8) is 0 Å². The summed E-state index contributed by atoms with van der Waals surface area (Å²) in [6.45, 7) is 2.00. The van der Waals surface area contributed by atoms with Crippen molar-refractivity contribution >= 4 is 11.9 Å². The highest BCUT2D eigenvalue weighted by atomic mass is 14.7. The van der Waals surface area contributed by atoms with Crippen molar-refractivity contribution in [2.75, 3.05) is 0 Å². The van der Waals surface area contributed by atoms with Gasteiger partial charge in [0.2, 0.25) is 0 Å². The van der Waals surface area contributed by atoms with E-state index in [1.807, 2.05) is 61.5 Å². The molecule has 0 heterocycles. The zero-order valence-electron chi connectivity index (χ0n) is 9.64. The Balaban J connectivity index is 2.36. The predicted octanol–water partition coefficient (Wildman–Crippen LogP) is 3.75. The Kier molecular flexibility index (Phi) is 2.56. The average molecular weight is 196 g/mol. The third-order valence-corrected chi connectivity index (χ3v) is 2.19. The molecule has 1 heteroatoms. The highest BCUT2D eigenvalue weighted by Gasteiger charge is 1.91. The number of nitrogens with zero attached hydrogens (tertiary/aromatic N) is 1. The molecule has 0 unspecified atom stereocenters. The maximum atomic E-state index is 7.90. The minimum absolute atomic E-state index is 0.301. The van der Waals surface area contributed by atoms with E-state index in [1.165, 1.54) is 0 Å². The van der Waals surface area contributed by atoms with Crippen LogP contribution in [0.15, 0.2) is 59.6 Å². The van der Waals surface area contributed by atoms with Gasteiger partial charge in [0, 0.05) is 6.19 Å². The first-order valence-electron chi connectivity index (χ1n) is 5.44. The van der Waals surface area contributed by atoms with Gasteiger partial charge in [-0.2, -0.15) is 0 Å². The fourth-order valence-corrected chi connectivity index (χ4v) is 1.33. The third kappa shape index (κ3) is 2.53. The van der Waals surface area contributed by atoms with Gasteiger partial charge in [0.25, 0.3) is 0 Å². The Morgan fingerprint density at radius 1 is 1.00 bits per heavy atom. The van der Waals surface area contributed by atoms with Gasteiger partial charge in [0.05, 0.1) is 7.06 Å². The highest BCUT2D eigenvalue weighted by Crippen LogP contribution is 2.16. The number of aliphatic imine (C=N–C) groups is 1. The summed E-state index contributed by atoms with van der Waals surface area (Å²) in [6, 6.07) is 17.4. The minimum Gasteiger partial charge on any atom is -0.256 e. The Hall–Kier alpha value is -1.89. The largest absolute Gasteiger partial charge is 0.256 e. The molecule has 0 aliphatic carbocycles. The molecule has 0 aliphatic heterocycles. The summed E-state index contributed by atoms with van der Waals surface area (Å²) in [5.41, 5.74) is 2.78. The van der Waals surface area contributed by atoms with Crippen molar-refractivity contribution in [1.82, 2.24) is 0 Å². The van der Waals surface area contributed by atoms with Gasteiger partial charge < -0.3 is 0 Å². The Morgan fingerprint density at radius 3 is 2.40 bits per heavy atom. The summed E-state index contributed by atoms with van der Waals surface area (Å²) in [4.78, 5) is 4.31. The van der Waals surface area contributed by atoms with Gasteiger partial charge in [-0.15, -0.1) is 0 Å². The predicted molar refractivity (Wildman–Crippen MR) is 64.9 cm³/mol. The molecule has 0 spiro atoms. The van der Waals surface area contributed by atoms with Gasteiger partial charge in [-0.1, -0.05) is 48.5 Å². The first kappa shape index (κ1) is 8.42. The summed E-state index contributed by atoms with van der Waals surface area (Å²) >= 11 is 0. The van der Waals surface area contributed by atoms with Crippen LogP contribution in [0.2, 0.25) is 0 Å². The summed E-state index contributed by atoms with van der Waals surface area (Å²) in [6.07, 6.45) is 0.301. The van der Waals surface area contributed by atoms with Crippen LogP contribution >= 0.6 is 0 Å². The molecule has 1 nitrogen and oxygen atoms in total. The second-order valence-corrected chi connectivity index (χ2v) is 3.38. The average Bonchev–Trinajstić information content (AvgIpc) is 2.33. The summed E-state index contributed by atoms with van der Waals surface area (Å²) in [7, 11) is 0. The third-order valence-electron chi connectivity index (χ3n) is 2.19. The first-order valence-corrected chi connectivity index (χ1v) is 4.94. The maximum Gasteiger partial charge on any atom is 0.0847 e. The van der Waals surface area contributed by atoms with Crippen LogP contribution in [-0.2, 0) is 0 Å². The van der Waals surface area contributed by atoms with Crippen molar-refractivity contribution in [2.45, 2.75) is 6.92 Å². The SMILES string of the molecule is [2H]C(=Nc1ccccc1C)c1ccccc1. The number of benzene rings is 2. The number of rotatable bonds is 2. The highest BCUT2D eigenvalue weighted by molar-refractivity contribution is 5.82. The quantitative estimate of drug-likeness (QED) is 0.649. The van der Waals surface area contributed by atoms with Gasteiger partial charge in [-0.25, -0.2) is 0 Å². The monoisotopic (exact) mass is 196 g/mol. The fraction of sp³-hybridized carbons (Fsp3) is 0.0714. The molecule has 0 radical (unpaired) electrons. The van der Waals surface area contributed by atoms with Crippen LogP contribution in [0.3, 0.4) is 0 Å². The molecule has 0 saturated heterocycles. The van der Waals surface area contributed by atoms with E-state index in [0.29, 0.717) is 6.19 Å². The molecule has 2 rings (SSSR count). The zero-order valence-corrected chi connectivity index (χ0v) is 8.64. The summed E-state index contributed by atoms with van der Waals surface area (Å²) in [5, 5.41) is 0. The van der Waals surface area contributed by atoms with Crippen LogP contribution in [-0.4, -0.2) is 6.19 Å². The van der Waals surface area contributed by atoms with E-state index >= 15 is 0 Å². The lowest BCUT2D eigenvalue weighted by atomic mass is 10.2. The minimum atomic E-state index is 0.301. The number of hydrogen-bond donors (Lipinski definition) is 0. The molecular weight excluding hydrogens is 182 g/mol. The van der Waals surface area contributed by atoms with Gasteiger partial charge in [0.15, 0.2) is 0 Å². The second-order valence-electron chi connectivity index (χ2n) is 3.38. The lowest BCUT2D eigenvalue weighted by Gasteiger charge is -1.97. The maximum absolute atomic E-state index is 7.90. The van der Waals surface area contributed by atoms with E-state index in [-0.39, 0.29) is 0 Å². The van der Waals surface area contributed by atoms with Gasteiger partial charge in [-0.3, -0.25) is 4.99 Å². The lowest BCUT2D eigenvalue weighted by Crippen LogP contribution is -1.79. The second kappa shape index (κ2) is 4.56. The van der Waals surface area contributed by atoms with Crippen LogP contribution in [0.4, 0.5) is 5.69 Å². The van der Waals surface area contributed by atoms with Gasteiger partial charge >= 0.3 is 0 Å². The van der Waals surface area contributed by atoms with Crippen LogP contribution < -0.4 is 0 Å². The Bertz CT molecular complexity index is 503. The van der Waals surface area contributed by atoms with Crippen molar-refractivity contribution in [3.05, 3.63) is 65.7 Å². The molecule has 0 bridgehead atoms. The molecule has 15 heavy (non-hydrogen) atoms. The van der Waals surface area contributed by atoms with Crippen molar-refractivity contribution < 1.29 is 1.37 Å². The molecule has 0 saturated carbocycles. The van der Waals surface area contributed by atoms with E-state index in [1.54, 1.807) is 0 Å². The van der Waals surface area contributed by atoms with E-state index < -0.39 is 0 Å². The molecule has 0 N–H and O–H groups in total.